The minimum absolute atomic E-state index is 0.302. The second kappa shape index (κ2) is 12.6. The van der Waals surface area contributed by atoms with Crippen molar-refractivity contribution in [2.75, 3.05) is 4.90 Å². The lowest BCUT2D eigenvalue weighted by atomic mass is 9.90. The van der Waals surface area contributed by atoms with Crippen LogP contribution in [0.5, 0.6) is 0 Å². The van der Waals surface area contributed by atoms with Gasteiger partial charge in [0.2, 0.25) is 0 Å². The van der Waals surface area contributed by atoms with Gasteiger partial charge < -0.3 is 13.9 Å². The number of anilines is 2. The summed E-state index contributed by atoms with van der Waals surface area (Å²) in [6.07, 6.45) is 7.80. The number of hydrogen-bond donors (Lipinski definition) is 0. The van der Waals surface area contributed by atoms with Crippen LogP contribution in [0, 0.1) is 0 Å². The predicted octanol–water partition coefficient (Wildman–Crippen LogP) is 14.8. The smallest absolute Gasteiger partial charge is 0.143 e. The summed E-state index contributed by atoms with van der Waals surface area (Å²) >= 11 is 0. The van der Waals surface area contributed by atoms with E-state index in [-0.39, 0.29) is 0 Å². The Hall–Kier alpha value is -7.36. The predicted molar refractivity (Wildman–Crippen MR) is 238 cm³/mol. The van der Waals surface area contributed by atoms with Crippen LogP contribution in [0.4, 0.5) is 11.4 Å². The normalized spacial score (nSPS) is 14.8. The van der Waals surface area contributed by atoms with E-state index in [4.69, 9.17) is 4.42 Å². The van der Waals surface area contributed by atoms with E-state index in [9.17, 15) is 0 Å². The Bertz CT molecular complexity index is 3270. The lowest BCUT2D eigenvalue weighted by Gasteiger charge is -2.24. The number of allylic oxidation sites excluding steroid dienone is 4. The Morgan fingerprint density at radius 3 is 2.09 bits per heavy atom. The van der Waals surface area contributed by atoms with Gasteiger partial charge in [-0.1, -0.05) is 133 Å². The molecular formula is C54H36N2O. The maximum absolute atomic E-state index is 6.39. The average Bonchev–Trinajstić information content (AvgIpc) is 3.94. The van der Waals surface area contributed by atoms with Crippen LogP contribution in [0.1, 0.15) is 17.9 Å². The van der Waals surface area contributed by atoms with Gasteiger partial charge in [0, 0.05) is 55.8 Å². The number of fused-ring (bicyclic) bond motifs is 9. The van der Waals surface area contributed by atoms with Gasteiger partial charge in [-0.3, -0.25) is 0 Å². The number of nitrogens with zero attached hydrogens (tertiary/aromatic N) is 2. The number of furan rings is 1. The molecule has 2 aromatic heterocycles. The number of aromatic nitrogens is 1. The van der Waals surface area contributed by atoms with Crippen molar-refractivity contribution in [1.82, 2.24) is 4.57 Å². The molecule has 3 heteroatoms. The molecule has 3 heterocycles. The average molecular weight is 729 g/mol. The number of hydrogen-bond acceptors (Lipinski definition) is 2. The third-order valence-corrected chi connectivity index (χ3v) is 12.1. The highest BCUT2D eigenvalue weighted by Gasteiger charge is 2.35. The van der Waals surface area contributed by atoms with Crippen LogP contribution in [-0.2, 0) is 0 Å². The summed E-state index contributed by atoms with van der Waals surface area (Å²) in [4.78, 5) is 2.46. The van der Waals surface area contributed by atoms with Gasteiger partial charge in [-0.15, -0.1) is 0 Å². The Labute approximate surface area is 330 Å². The highest BCUT2D eigenvalue weighted by Crippen LogP contribution is 2.52. The van der Waals surface area contributed by atoms with Crippen LogP contribution in [0.3, 0.4) is 0 Å². The summed E-state index contributed by atoms with van der Waals surface area (Å²) in [5, 5.41) is 4.82. The highest BCUT2D eigenvalue weighted by atomic mass is 16.3. The first-order chi connectivity index (χ1) is 28.3. The molecule has 1 aliphatic carbocycles. The van der Waals surface area contributed by atoms with Crippen molar-refractivity contribution < 1.29 is 4.42 Å². The first kappa shape index (κ1) is 31.9. The molecule has 3 nitrogen and oxygen atoms in total. The molecule has 57 heavy (non-hydrogen) atoms. The molecule has 2 aliphatic rings. The molecular weight excluding hydrogens is 693 g/mol. The lowest BCUT2D eigenvalue weighted by Crippen LogP contribution is -2.14. The van der Waals surface area contributed by atoms with Crippen LogP contribution < -0.4 is 4.90 Å². The highest BCUT2D eigenvalue weighted by molar-refractivity contribution is 6.11. The fraction of sp³-hybridized carbons (Fsp3) is 0.0370. The van der Waals surface area contributed by atoms with Gasteiger partial charge in [0.25, 0.3) is 0 Å². The quantitative estimate of drug-likeness (QED) is 0.176. The Morgan fingerprint density at radius 1 is 0.474 bits per heavy atom. The largest absolute Gasteiger partial charge is 0.455 e. The van der Waals surface area contributed by atoms with Gasteiger partial charge in [0.1, 0.15) is 11.2 Å². The summed E-state index contributed by atoms with van der Waals surface area (Å²) < 4.78 is 8.80. The van der Waals surface area contributed by atoms with Crippen LogP contribution in [0.25, 0.3) is 82.8 Å². The molecule has 0 spiro atoms. The first-order valence-electron chi connectivity index (χ1n) is 19.8. The summed E-state index contributed by atoms with van der Waals surface area (Å²) in [7, 11) is 0. The van der Waals surface area contributed by atoms with Crippen LogP contribution in [0.15, 0.2) is 210 Å². The van der Waals surface area contributed by atoms with E-state index in [1.807, 2.05) is 12.1 Å². The van der Waals surface area contributed by atoms with Gasteiger partial charge in [-0.05, 0) is 107 Å². The number of benzene rings is 8. The van der Waals surface area contributed by atoms with E-state index < -0.39 is 0 Å². The Kier molecular flexibility index (Phi) is 7.05. The van der Waals surface area contributed by atoms with E-state index in [1.54, 1.807) is 0 Å². The summed E-state index contributed by atoms with van der Waals surface area (Å²) in [6, 6.07) is 66.1. The maximum Gasteiger partial charge on any atom is 0.143 e. The van der Waals surface area contributed by atoms with Gasteiger partial charge in [0.15, 0.2) is 0 Å². The van der Waals surface area contributed by atoms with E-state index in [0.717, 1.165) is 45.2 Å². The zero-order chi connectivity index (χ0) is 37.5. The molecule has 8 aromatic carbocycles. The van der Waals surface area contributed by atoms with E-state index in [1.165, 1.54) is 66.7 Å². The van der Waals surface area contributed by atoms with Crippen molar-refractivity contribution in [1.29, 1.82) is 0 Å². The molecule has 0 radical (unpaired) electrons. The monoisotopic (exact) mass is 728 g/mol. The molecule has 0 saturated carbocycles. The van der Waals surface area contributed by atoms with Crippen LogP contribution >= 0.6 is 0 Å². The molecule has 1 aliphatic heterocycles. The maximum atomic E-state index is 6.39. The standard InChI is InChI=1S/C54H36N2O/c1-2-12-35(13-3-1)37-14-10-15-41(32-37)56-50-22-8-5-17-44(50)48-34-39(27-31-52(48)56)38-26-30-51-47(33-38)43-16-4-7-21-49(43)55(51)40-28-24-36(25-29-40)42-19-11-20-46-45-18-6-9-23-53(45)57-54(42)46/h1-15,17-34,43H,16H2. The van der Waals surface area contributed by atoms with Crippen molar-refractivity contribution >= 4 is 55.1 Å². The molecule has 0 fully saturated rings. The molecule has 0 N–H and O–H groups in total. The van der Waals surface area contributed by atoms with Crippen molar-refractivity contribution in [2.45, 2.75) is 12.3 Å². The topological polar surface area (TPSA) is 21.3 Å². The fourth-order valence-corrected chi connectivity index (χ4v) is 9.43. The van der Waals surface area contributed by atoms with E-state index in [0.29, 0.717) is 5.92 Å². The van der Waals surface area contributed by atoms with Gasteiger partial charge in [-0.2, -0.15) is 0 Å². The van der Waals surface area contributed by atoms with Crippen molar-refractivity contribution in [2.24, 2.45) is 0 Å². The minimum Gasteiger partial charge on any atom is -0.455 e. The van der Waals surface area contributed by atoms with Crippen molar-refractivity contribution in [3.8, 4) is 39.1 Å². The number of para-hydroxylation sites is 3. The third kappa shape index (κ3) is 4.99. The molecule has 268 valence electrons. The molecule has 0 saturated heterocycles. The van der Waals surface area contributed by atoms with Crippen LogP contribution in [0.2, 0.25) is 0 Å². The second-order valence-corrected chi connectivity index (χ2v) is 15.2. The lowest BCUT2D eigenvalue weighted by molar-refractivity contribution is 0.670. The molecule has 10 aromatic rings. The SMILES string of the molecule is C1=CCC2C(=C1)N(c1ccc(-c3cccc4c3oc3ccccc34)cc1)c1ccc(-c3ccc4c(c3)c3ccccc3n4-c3cccc(-c4ccccc4)c3)cc12. The fourth-order valence-electron chi connectivity index (χ4n) is 9.43. The van der Waals surface area contributed by atoms with Crippen LogP contribution in [-0.4, -0.2) is 4.57 Å². The van der Waals surface area contributed by atoms with Gasteiger partial charge in [0.05, 0.1) is 11.0 Å². The zero-order valence-electron chi connectivity index (χ0n) is 31.1. The zero-order valence-corrected chi connectivity index (χ0v) is 31.1. The molecule has 0 amide bonds. The van der Waals surface area contributed by atoms with E-state index >= 15 is 0 Å². The third-order valence-electron chi connectivity index (χ3n) is 12.1. The first-order valence-corrected chi connectivity index (χ1v) is 19.8. The second-order valence-electron chi connectivity index (χ2n) is 15.2. The molecule has 1 atom stereocenters. The van der Waals surface area contributed by atoms with Crippen molar-refractivity contribution in [3.63, 3.8) is 0 Å². The summed E-state index contributed by atoms with van der Waals surface area (Å²) in [5.74, 6) is 0.302. The Balaban J connectivity index is 0.925. The molecule has 1 unspecified atom stereocenters. The summed E-state index contributed by atoms with van der Waals surface area (Å²) in [5.41, 5.74) is 17.7. The number of rotatable bonds is 5. The Morgan fingerprint density at radius 2 is 1.18 bits per heavy atom. The summed E-state index contributed by atoms with van der Waals surface area (Å²) in [6.45, 7) is 0. The molecule has 0 bridgehead atoms. The van der Waals surface area contributed by atoms with Gasteiger partial charge in [-0.25, -0.2) is 0 Å². The molecule has 12 rings (SSSR count). The van der Waals surface area contributed by atoms with Crippen molar-refractivity contribution in [3.05, 3.63) is 211 Å². The minimum atomic E-state index is 0.302. The van der Waals surface area contributed by atoms with E-state index in [2.05, 4.69) is 198 Å². The van der Waals surface area contributed by atoms with Gasteiger partial charge >= 0.3 is 0 Å².